The fourth-order valence-electron chi connectivity index (χ4n) is 1.87. The Morgan fingerprint density at radius 1 is 0.607 bits per heavy atom. The van der Waals surface area contributed by atoms with Crippen LogP contribution in [0.4, 0.5) is 9.59 Å². The normalized spacial score (nSPS) is 9.57. The number of rotatable bonds is 15. The van der Waals surface area contributed by atoms with E-state index in [4.69, 9.17) is 9.47 Å². The first kappa shape index (κ1) is 25.0. The van der Waals surface area contributed by atoms with E-state index in [1.54, 1.807) is 0 Å². The quantitative estimate of drug-likeness (QED) is 0.236. The molecule has 0 aliphatic rings. The molecule has 10 nitrogen and oxygen atoms in total. The molecule has 0 bridgehead atoms. The van der Waals surface area contributed by atoms with Gasteiger partial charge in [-0.3, -0.25) is 9.59 Å². The first-order valence-electron chi connectivity index (χ1n) is 9.11. The molecule has 0 aliphatic carbocycles. The van der Waals surface area contributed by atoms with Crippen LogP contribution in [-0.2, 0) is 19.1 Å². The van der Waals surface area contributed by atoms with E-state index < -0.39 is 12.2 Å². The molecule has 0 aliphatic heterocycles. The number of hydrogen-bond donors (Lipinski definition) is 4. The molecule has 4 amide bonds. The van der Waals surface area contributed by atoms with Crippen molar-refractivity contribution in [2.45, 2.75) is 25.7 Å². The van der Waals surface area contributed by atoms with Crippen molar-refractivity contribution >= 4 is 24.0 Å². The van der Waals surface area contributed by atoms with Gasteiger partial charge in [0.05, 0.1) is 13.1 Å². The first-order chi connectivity index (χ1) is 13.5. The average molecular weight is 398 g/mol. The van der Waals surface area contributed by atoms with Crippen molar-refractivity contribution in [3.63, 3.8) is 0 Å². The van der Waals surface area contributed by atoms with Gasteiger partial charge >= 0.3 is 12.2 Å². The molecule has 0 aromatic rings. The highest BCUT2D eigenvalue weighted by molar-refractivity contribution is 5.87. The van der Waals surface area contributed by atoms with E-state index in [0.717, 1.165) is 37.8 Å². The van der Waals surface area contributed by atoms with Crippen molar-refractivity contribution in [2.24, 2.45) is 0 Å². The Labute approximate surface area is 165 Å². The molecule has 28 heavy (non-hydrogen) atoms. The highest BCUT2D eigenvalue weighted by atomic mass is 16.6. The molecule has 0 radical (unpaired) electrons. The number of hydrogen-bond acceptors (Lipinski definition) is 6. The maximum absolute atomic E-state index is 11.4. The lowest BCUT2D eigenvalue weighted by Gasteiger charge is -2.08. The molecule has 10 heteroatoms. The molecule has 4 N–H and O–H groups in total. The number of unbranched alkanes of at least 4 members (excludes halogenated alkanes) is 3. The van der Waals surface area contributed by atoms with Gasteiger partial charge in [0.15, 0.2) is 0 Å². The summed E-state index contributed by atoms with van der Waals surface area (Å²) in [6.45, 7) is 8.25. The zero-order valence-corrected chi connectivity index (χ0v) is 16.1. The van der Waals surface area contributed by atoms with Crippen LogP contribution < -0.4 is 21.3 Å². The van der Waals surface area contributed by atoms with Gasteiger partial charge in [0, 0.05) is 13.1 Å². The SMILES string of the molecule is C=CC(=O)NCCOC(=O)NCCCCCCNC(=O)OCCNC(=O)C=C. The number of carbonyl (C=O) groups excluding carboxylic acids is 4. The zero-order chi connectivity index (χ0) is 21.0. The van der Waals surface area contributed by atoms with Crippen molar-refractivity contribution in [3.05, 3.63) is 25.3 Å². The van der Waals surface area contributed by atoms with E-state index in [1.807, 2.05) is 0 Å². The Morgan fingerprint density at radius 2 is 1.00 bits per heavy atom. The summed E-state index contributed by atoms with van der Waals surface area (Å²) in [6, 6.07) is 0. The monoisotopic (exact) mass is 398 g/mol. The second kappa shape index (κ2) is 17.4. The third kappa shape index (κ3) is 16.4. The molecular weight excluding hydrogens is 368 g/mol. The number of carbonyl (C=O) groups is 4. The summed E-state index contributed by atoms with van der Waals surface area (Å²) in [5.74, 6) is -0.632. The smallest absolute Gasteiger partial charge is 0.407 e. The van der Waals surface area contributed by atoms with Gasteiger partial charge in [0.1, 0.15) is 13.2 Å². The van der Waals surface area contributed by atoms with Crippen LogP contribution in [-0.4, -0.2) is 63.4 Å². The van der Waals surface area contributed by atoms with Gasteiger partial charge in [-0.2, -0.15) is 0 Å². The summed E-state index contributed by atoms with van der Waals surface area (Å²) in [6.07, 6.45) is 4.59. The van der Waals surface area contributed by atoms with Gasteiger partial charge in [-0.15, -0.1) is 0 Å². The minimum atomic E-state index is -0.526. The molecule has 0 rings (SSSR count). The Morgan fingerprint density at radius 3 is 1.36 bits per heavy atom. The maximum Gasteiger partial charge on any atom is 0.407 e. The topological polar surface area (TPSA) is 135 Å². The predicted molar refractivity (Wildman–Crippen MR) is 104 cm³/mol. The van der Waals surface area contributed by atoms with E-state index >= 15 is 0 Å². The van der Waals surface area contributed by atoms with Crippen LogP contribution in [0.25, 0.3) is 0 Å². The minimum Gasteiger partial charge on any atom is -0.448 e. The lowest BCUT2D eigenvalue weighted by molar-refractivity contribution is -0.117. The number of alkyl carbamates (subject to hydrolysis) is 2. The number of ether oxygens (including phenoxy) is 2. The first-order valence-corrected chi connectivity index (χ1v) is 9.11. The van der Waals surface area contributed by atoms with Crippen LogP contribution in [0.1, 0.15) is 25.7 Å². The van der Waals surface area contributed by atoms with Crippen LogP contribution >= 0.6 is 0 Å². The third-order valence-electron chi connectivity index (χ3n) is 3.28. The average Bonchev–Trinajstić information content (AvgIpc) is 2.69. The van der Waals surface area contributed by atoms with E-state index in [-0.39, 0.29) is 38.1 Å². The summed E-state index contributed by atoms with van der Waals surface area (Å²) in [4.78, 5) is 44.5. The van der Waals surface area contributed by atoms with Crippen molar-refractivity contribution in [2.75, 3.05) is 39.4 Å². The van der Waals surface area contributed by atoms with Gasteiger partial charge in [0.25, 0.3) is 0 Å². The van der Waals surface area contributed by atoms with Crippen LogP contribution in [0.15, 0.2) is 25.3 Å². The van der Waals surface area contributed by atoms with E-state index in [9.17, 15) is 19.2 Å². The van der Waals surface area contributed by atoms with Crippen molar-refractivity contribution in [3.8, 4) is 0 Å². The van der Waals surface area contributed by atoms with Crippen LogP contribution in [0, 0.1) is 0 Å². The van der Waals surface area contributed by atoms with Gasteiger partial charge < -0.3 is 30.7 Å². The molecule has 0 unspecified atom stereocenters. The molecule has 0 atom stereocenters. The van der Waals surface area contributed by atoms with Gasteiger partial charge in [0.2, 0.25) is 11.8 Å². The van der Waals surface area contributed by atoms with E-state index in [1.165, 1.54) is 0 Å². The zero-order valence-electron chi connectivity index (χ0n) is 16.1. The summed E-state index contributed by atoms with van der Waals surface area (Å²) >= 11 is 0. The van der Waals surface area contributed by atoms with Crippen LogP contribution in [0.5, 0.6) is 0 Å². The lowest BCUT2D eigenvalue weighted by atomic mass is 10.2. The summed E-state index contributed by atoms with van der Waals surface area (Å²) in [5.41, 5.74) is 0. The predicted octanol–water partition coefficient (Wildman–Crippen LogP) is 0.604. The molecule has 0 saturated carbocycles. The standard InChI is InChI=1S/C18H30N4O6/c1-3-15(23)19-11-13-27-17(25)21-9-7-5-6-8-10-22-18(26)28-14-12-20-16(24)4-2/h3-4H,1-2,5-14H2,(H,19,23)(H,20,24)(H,21,25)(H,22,26). The second-order valence-corrected chi connectivity index (χ2v) is 5.53. The van der Waals surface area contributed by atoms with Crippen molar-refractivity contribution in [1.82, 2.24) is 21.3 Å². The molecule has 0 spiro atoms. The number of nitrogens with one attached hydrogen (secondary N) is 4. The summed E-state index contributed by atoms with van der Waals surface area (Å²) in [7, 11) is 0. The summed E-state index contributed by atoms with van der Waals surface area (Å²) in [5, 5.41) is 10.2. The molecule has 0 fully saturated rings. The van der Waals surface area contributed by atoms with E-state index in [0.29, 0.717) is 13.1 Å². The van der Waals surface area contributed by atoms with Gasteiger partial charge in [-0.1, -0.05) is 26.0 Å². The molecule has 0 aromatic carbocycles. The molecule has 0 heterocycles. The lowest BCUT2D eigenvalue weighted by Crippen LogP contribution is -2.30. The van der Waals surface area contributed by atoms with Crippen LogP contribution in [0.3, 0.4) is 0 Å². The largest absolute Gasteiger partial charge is 0.448 e. The van der Waals surface area contributed by atoms with Crippen molar-refractivity contribution in [1.29, 1.82) is 0 Å². The number of amides is 4. The maximum atomic E-state index is 11.4. The van der Waals surface area contributed by atoms with Gasteiger partial charge in [-0.05, 0) is 25.0 Å². The molecular formula is C18H30N4O6. The highest BCUT2D eigenvalue weighted by Gasteiger charge is 2.03. The Kier molecular flexibility index (Phi) is 15.5. The Hall–Kier alpha value is -3.04. The Balaban J connectivity index is 3.38. The molecule has 158 valence electrons. The second-order valence-electron chi connectivity index (χ2n) is 5.53. The van der Waals surface area contributed by atoms with Gasteiger partial charge in [-0.25, -0.2) is 9.59 Å². The van der Waals surface area contributed by atoms with Crippen molar-refractivity contribution < 1.29 is 28.7 Å². The summed E-state index contributed by atoms with van der Waals surface area (Å²) < 4.78 is 9.76. The highest BCUT2D eigenvalue weighted by Crippen LogP contribution is 1.98. The Bertz CT molecular complexity index is 478. The fourth-order valence-corrected chi connectivity index (χ4v) is 1.87. The van der Waals surface area contributed by atoms with E-state index in [2.05, 4.69) is 34.4 Å². The van der Waals surface area contributed by atoms with Crippen LogP contribution in [0.2, 0.25) is 0 Å². The minimum absolute atomic E-state index is 0.0911. The molecule has 0 saturated heterocycles. The molecule has 0 aromatic heterocycles. The fraction of sp³-hybridized carbons (Fsp3) is 0.556. The third-order valence-corrected chi connectivity index (χ3v) is 3.28.